The van der Waals surface area contributed by atoms with Gasteiger partial charge in [0.05, 0.1) is 39.4 Å². The Labute approximate surface area is 296 Å². The van der Waals surface area contributed by atoms with Crippen LogP contribution in [0, 0.1) is 0 Å². The molecule has 268 valence electrons. The monoisotopic (exact) mass is 671 g/mol. The average Bonchev–Trinajstić information content (AvgIpc) is 3.08. The lowest BCUT2D eigenvalue weighted by Gasteiger charge is -2.39. The first-order valence-electron chi connectivity index (χ1n) is 19.3. The summed E-state index contributed by atoms with van der Waals surface area (Å²) in [5.74, 6) is 1.69. The molecular weight excluding hydrogens is 599 g/mol. The van der Waals surface area contributed by atoms with E-state index >= 15 is 0 Å². The van der Waals surface area contributed by atoms with Gasteiger partial charge in [-0.2, -0.15) is 0 Å². The number of thiocarbonyl (C=S) groups is 1. The summed E-state index contributed by atoms with van der Waals surface area (Å²) in [4.78, 5) is 0. The molecule has 0 unspecified atom stereocenters. The number of quaternary nitrogens is 1. The molecule has 5 nitrogen and oxygen atoms in total. The summed E-state index contributed by atoms with van der Waals surface area (Å²) in [5.41, 5.74) is 1.82. The van der Waals surface area contributed by atoms with Crippen LogP contribution in [0.1, 0.15) is 144 Å². The molecule has 0 fully saturated rings. The number of unbranched alkanes of at least 4 members (excludes halogenated alkanes) is 12. The SMILES string of the molecule is CCCCCC[N+](CCCCCC)(CCCCCC)CCCCCC.CCOc1ccc(NC(=S)Nc2ccc(OCC)cc2)cc1. The zero-order chi connectivity index (χ0) is 34.4. The van der Waals surface area contributed by atoms with Crippen molar-refractivity contribution in [3.63, 3.8) is 0 Å². The maximum Gasteiger partial charge on any atom is 0.175 e. The van der Waals surface area contributed by atoms with Crippen molar-refractivity contribution in [1.82, 2.24) is 0 Å². The molecular formula is C41H72N3O2S+. The van der Waals surface area contributed by atoms with E-state index in [0.29, 0.717) is 18.3 Å². The quantitative estimate of drug-likeness (QED) is 0.0592. The number of hydrogen-bond donors (Lipinski definition) is 2. The van der Waals surface area contributed by atoms with Crippen molar-refractivity contribution >= 4 is 28.7 Å². The normalized spacial score (nSPS) is 11.0. The van der Waals surface area contributed by atoms with Crippen LogP contribution in [-0.4, -0.2) is 49.0 Å². The summed E-state index contributed by atoms with van der Waals surface area (Å²) in [6, 6.07) is 15.3. The van der Waals surface area contributed by atoms with E-state index in [9.17, 15) is 0 Å². The highest BCUT2D eigenvalue weighted by Gasteiger charge is 2.25. The molecule has 0 aromatic heterocycles. The molecule has 0 aliphatic rings. The van der Waals surface area contributed by atoms with Gasteiger partial charge in [-0.25, -0.2) is 0 Å². The minimum absolute atomic E-state index is 0.535. The molecule has 0 atom stereocenters. The van der Waals surface area contributed by atoms with E-state index < -0.39 is 0 Å². The molecule has 0 aliphatic heterocycles. The summed E-state index contributed by atoms with van der Waals surface area (Å²) in [6.07, 6.45) is 22.8. The summed E-state index contributed by atoms with van der Waals surface area (Å²) < 4.78 is 12.3. The summed E-state index contributed by atoms with van der Waals surface area (Å²) >= 11 is 5.30. The van der Waals surface area contributed by atoms with E-state index in [1.165, 1.54) is 133 Å². The van der Waals surface area contributed by atoms with Crippen LogP contribution < -0.4 is 20.1 Å². The number of hydrogen-bond acceptors (Lipinski definition) is 3. The van der Waals surface area contributed by atoms with Crippen LogP contribution in [0.4, 0.5) is 11.4 Å². The van der Waals surface area contributed by atoms with Crippen LogP contribution in [0.2, 0.25) is 0 Å². The first-order valence-corrected chi connectivity index (χ1v) is 19.7. The first-order chi connectivity index (χ1) is 22.9. The molecule has 2 N–H and O–H groups in total. The molecule has 0 amide bonds. The van der Waals surface area contributed by atoms with Crippen molar-refractivity contribution in [2.45, 2.75) is 144 Å². The Kier molecular flexibility index (Phi) is 26.1. The molecule has 2 aromatic rings. The largest absolute Gasteiger partial charge is 0.494 e. The average molecular weight is 671 g/mol. The second-order valence-electron chi connectivity index (χ2n) is 13.0. The van der Waals surface area contributed by atoms with Crippen molar-refractivity contribution in [3.8, 4) is 11.5 Å². The van der Waals surface area contributed by atoms with Crippen molar-refractivity contribution in [1.29, 1.82) is 0 Å². The molecule has 0 saturated heterocycles. The van der Waals surface area contributed by atoms with Gasteiger partial charge in [0.2, 0.25) is 0 Å². The third-order valence-electron chi connectivity index (χ3n) is 8.79. The minimum atomic E-state index is 0.535. The lowest BCUT2D eigenvalue weighted by atomic mass is 10.1. The third-order valence-corrected chi connectivity index (χ3v) is 8.99. The van der Waals surface area contributed by atoms with Crippen molar-refractivity contribution in [3.05, 3.63) is 48.5 Å². The fourth-order valence-corrected chi connectivity index (χ4v) is 6.30. The van der Waals surface area contributed by atoms with Gasteiger partial charge in [0.15, 0.2) is 5.11 Å². The van der Waals surface area contributed by atoms with Crippen LogP contribution in [0.15, 0.2) is 48.5 Å². The van der Waals surface area contributed by atoms with Gasteiger partial charge < -0.3 is 24.6 Å². The van der Waals surface area contributed by atoms with Gasteiger partial charge in [0, 0.05) is 11.4 Å². The topological polar surface area (TPSA) is 42.5 Å². The highest BCUT2D eigenvalue weighted by atomic mass is 32.1. The first kappa shape index (κ1) is 42.7. The molecule has 47 heavy (non-hydrogen) atoms. The Morgan fingerprint density at radius 2 is 0.766 bits per heavy atom. The maximum atomic E-state index is 5.40. The Morgan fingerprint density at radius 1 is 0.468 bits per heavy atom. The summed E-state index contributed by atoms with van der Waals surface area (Å²) in [7, 11) is 0. The summed E-state index contributed by atoms with van der Waals surface area (Å²) in [6.45, 7) is 20.4. The van der Waals surface area contributed by atoms with E-state index in [2.05, 4.69) is 38.3 Å². The number of anilines is 2. The van der Waals surface area contributed by atoms with Crippen LogP contribution in [0.5, 0.6) is 11.5 Å². The van der Waals surface area contributed by atoms with E-state index in [1.54, 1.807) is 0 Å². The Balaban J connectivity index is 0.000000473. The number of benzene rings is 2. The highest BCUT2D eigenvalue weighted by Crippen LogP contribution is 2.20. The van der Waals surface area contributed by atoms with Crippen LogP contribution in [0.25, 0.3) is 0 Å². The van der Waals surface area contributed by atoms with Gasteiger partial charge in [-0.05, 0) is 126 Å². The lowest BCUT2D eigenvalue weighted by Crippen LogP contribution is -2.50. The van der Waals surface area contributed by atoms with E-state index in [4.69, 9.17) is 21.7 Å². The second-order valence-corrected chi connectivity index (χ2v) is 13.4. The van der Waals surface area contributed by atoms with E-state index in [1.807, 2.05) is 62.4 Å². The van der Waals surface area contributed by atoms with Gasteiger partial charge >= 0.3 is 0 Å². The standard InChI is InChI=1S/C24H52N.C17H20N2O2S/c1-5-9-13-17-21-25(22-18-14-10-6-2,23-19-15-11-7-3)24-20-16-12-8-4;1-3-20-15-9-5-13(6-10-15)18-17(22)19-14-7-11-16(12-8-14)21-4-2/h5-24H2,1-4H3;5-12H,3-4H2,1-2H3,(H2,18,19,22)/q+1;. The number of rotatable bonds is 26. The molecule has 0 saturated carbocycles. The number of nitrogens with one attached hydrogen (secondary N) is 2. The Hall–Kier alpha value is -2.31. The fraction of sp³-hybridized carbons (Fsp3) is 0.683. The van der Waals surface area contributed by atoms with Gasteiger partial charge in [-0.3, -0.25) is 0 Å². The molecule has 0 spiro atoms. The van der Waals surface area contributed by atoms with Crippen molar-refractivity contribution < 1.29 is 14.0 Å². The Bertz CT molecular complexity index is 890. The zero-order valence-corrected chi connectivity index (χ0v) is 32.2. The summed E-state index contributed by atoms with van der Waals surface area (Å²) in [5, 5.41) is 6.80. The minimum Gasteiger partial charge on any atom is -0.494 e. The highest BCUT2D eigenvalue weighted by molar-refractivity contribution is 7.80. The van der Waals surface area contributed by atoms with E-state index in [-0.39, 0.29) is 0 Å². The molecule has 0 radical (unpaired) electrons. The van der Waals surface area contributed by atoms with Gasteiger partial charge in [0.25, 0.3) is 0 Å². The van der Waals surface area contributed by atoms with Gasteiger partial charge in [-0.15, -0.1) is 0 Å². The van der Waals surface area contributed by atoms with Crippen LogP contribution in [-0.2, 0) is 0 Å². The predicted octanol–water partition coefficient (Wildman–Crippen LogP) is 12.4. The third kappa shape index (κ3) is 21.3. The molecule has 0 heterocycles. The van der Waals surface area contributed by atoms with Crippen LogP contribution in [0.3, 0.4) is 0 Å². The van der Waals surface area contributed by atoms with Crippen molar-refractivity contribution in [2.75, 3.05) is 50.0 Å². The molecule has 0 bridgehead atoms. The van der Waals surface area contributed by atoms with Gasteiger partial charge in [-0.1, -0.05) is 79.1 Å². The smallest absolute Gasteiger partial charge is 0.175 e. The number of nitrogens with zero attached hydrogens (tertiary/aromatic N) is 1. The van der Waals surface area contributed by atoms with E-state index in [0.717, 1.165) is 22.9 Å². The molecule has 2 aromatic carbocycles. The van der Waals surface area contributed by atoms with Crippen LogP contribution >= 0.6 is 12.2 Å². The zero-order valence-electron chi connectivity index (χ0n) is 31.3. The predicted molar refractivity (Wildman–Crippen MR) is 211 cm³/mol. The second kappa shape index (κ2) is 28.7. The Morgan fingerprint density at radius 3 is 1.02 bits per heavy atom. The molecule has 0 aliphatic carbocycles. The molecule has 2 rings (SSSR count). The molecule has 6 heteroatoms. The maximum absolute atomic E-state index is 5.40. The van der Waals surface area contributed by atoms with Crippen molar-refractivity contribution in [2.24, 2.45) is 0 Å². The number of ether oxygens (including phenoxy) is 2. The van der Waals surface area contributed by atoms with Gasteiger partial charge in [0.1, 0.15) is 11.5 Å². The lowest BCUT2D eigenvalue weighted by molar-refractivity contribution is -0.929. The fourth-order valence-electron chi connectivity index (χ4n) is 6.06.